The number of nitriles is 1. The van der Waals surface area contributed by atoms with Crippen LogP contribution in [-0.2, 0) is 4.74 Å². The maximum absolute atomic E-state index is 14.5. The molecule has 2 N–H and O–H groups in total. The van der Waals surface area contributed by atoms with Gasteiger partial charge in [0.2, 0.25) is 5.88 Å². The summed E-state index contributed by atoms with van der Waals surface area (Å²) in [5.74, 6) is 0.321. The number of hydrogen-bond acceptors (Lipinski definition) is 7. The van der Waals surface area contributed by atoms with Gasteiger partial charge in [-0.3, -0.25) is 4.68 Å². The molecule has 3 aromatic heterocycles. The van der Waals surface area contributed by atoms with Gasteiger partial charge in [0.25, 0.3) is 0 Å². The molecule has 6 rings (SSSR count). The van der Waals surface area contributed by atoms with Crippen LogP contribution >= 0.6 is 0 Å². The summed E-state index contributed by atoms with van der Waals surface area (Å²) in [6.07, 6.45) is 9.59. The van der Waals surface area contributed by atoms with Crippen molar-refractivity contribution in [2.24, 2.45) is 5.73 Å². The lowest BCUT2D eigenvalue weighted by molar-refractivity contribution is -0.0287. The molecule has 2 atom stereocenters. The summed E-state index contributed by atoms with van der Waals surface area (Å²) in [7, 11) is 0. The summed E-state index contributed by atoms with van der Waals surface area (Å²) >= 11 is 0. The Morgan fingerprint density at radius 3 is 2.76 bits per heavy atom. The minimum atomic E-state index is -0.577. The highest BCUT2D eigenvalue weighted by molar-refractivity contribution is 5.98. The average Bonchev–Trinajstić information content (AvgIpc) is 3.52. The Morgan fingerprint density at radius 2 is 2.06 bits per heavy atom. The van der Waals surface area contributed by atoms with E-state index in [2.05, 4.69) is 19.6 Å². The number of benzene rings is 1. The summed E-state index contributed by atoms with van der Waals surface area (Å²) in [6.45, 7) is 1.25. The molecule has 2 aliphatic rings. The fourth-order valence-electron chi connectivity index (χ4n) is 4.71. The van der Waals surface area contributed by atoms with E-state index in [-0.39, 0.29) is 23.7 Å². The minimum absolute atomic E-state index is 0.00522. The van der Waals surface area contributed by atoms with Gasteiger partial charge < -0.3 is 19.8 Å². The van der Waals surface area contributed by atoms with Crippen molar-refractivity contribution in [2.75, 3.05) is 13.2 Å². The Labute approximate surface area is 194 Å². The molecule has 0 radical (unpaired) electrons. The van der Waals surface area contributed by atoms with Crippen LogP contribution in [0.25, 0.3) is 22.2 Å². The maximum atomic E-state index is 14.5. The van der Waals surface area contributed by atoms with Crippen molar-refractivity contribution in [2.45, 2.75) is 37.4 Å². The highest BCUT2D eigenvalue weighted by atomic mass is 19.1. The second kappa shape index (κ2) is 8.20. The van der Waals surface area contributed by atoms with Crippen molar-refractivity contribution in [1.29, 1.82) is 5.26 Å². The first-order valence-corrected chi connectivity index (χ1v) is 11.2. The Kier molecular flexibility index (Phi) is 5.01. The number of nitrogens with zero attached hydrogens (tertiary/aromatic N) is 6. The van der Waals surface area contributed by atoms with Gasteiger partial charge in [-0.25, -0.2) is 14.4 Å². The fraction of sp³-hybridized carbons (Fsp3) is 0.333. The van der Waals surface area contributed by atoms with Crippen LogP contribution in [0.1, 0.15) is 36.9 Å². The van der Waals surface area contributed by atoms with Gasteiger partial charge in [0.15, 0.2) is 5.75 Å². The molecule has 4 aromatic rings. The van der Waals surface area contributed by atoms with E-state index in [1.54, 1.807) is 12.3 Å². The first kappa shape index (κ1) is 20.8. The van der Waals surface area contributed by atoms with E-state index in [1.165, 1.54) is 18.5 Å². The lowest BCUT2D eigenvalue weighted by Gasteiger charge is -2.25. The van der Waals surface area contributed by atoms with Crippen LogP contribution < -0.4 is 10.5 Å². The molecule has 1 aromatic carbocycles. The molecule has 172 valence electrons. The summed E-state index contributed by atoms with van der Waals surface area (Å²) in [4.78, 5) is 8.97. The van der Waals surface area contributed by atoms with E-state index in [4.69, 9.17) is 20.5 Å². The average molecular weight is 459 g/mol. The Hall–Kier alpha value is -3.81. The predicted molar refractivity (Wildman–Crippen MR) is 121 cm³/mol. The Morgan fingerprint density at radius 1 is 1.18 bits per heavy atom. The number of aromatic nitrogens is 5. The van der Waals surface area contributed by atoms with E-state index in [0.717, 1.165) is 24.8 Å². The van der Waals surface area contributed by atoms with Crippen LogP contribution in [0.15, 0.2) is 43.1 Å². The highest BCUT2D eigenvalue weighted by Crippen LogP contribution is 2.41. The van der Waals surface area contributed by atoms with Gasteiger partial charge in [-0.15, -0.1) is 0 Å². The molecule has 10 heteroatoms. The van der Waals surface area contributed by atoms with Crippen LogP contribution in [0.5, 0.6) is 11.6 Å². The molecule has 0 spiro atoms. The molecule has 4 heterocycles. The molecule has 1 aliphatic heterocycles. The van der Waals surface area contributed by atoms with Gasteiger partial charge >= 0.3 is 0 Å². The monoisotopic (exact) mass is 459 g/mol. The molecule has 0 bridgehead atoms. The van der Waals surface area contributed by atoms with Gasteiger partial charge in [-0.05, 0) is 37.0 Å². The summed E-state index contributed by atoms with van der Waals surface area (Å²) in [6, 6.07) is 6.96. The third-order valence-corrected chi connectivity index (χ3v) is 6.60. The SMILES string of the molecule is N#Cc1ccc(-c2cn([C@@H]3CC[C@@H](N)C3)c3ncnc(Oc4cnn(C5COC5)c4)c23)cc1F. The highest BCUT2D eigenvalue weighted by Gasteiger charge is 2.28. The van der Waals surface area contributed by atoms with Gasteiger partial charge in [0.05, 0.1) is 42.6 Å². The van der Waals surface area contributed by atoms with Gasteiger partial charge in [-0.1, -0.05) is 6.07 Å². The first-order chi connectivity index (χ1) is 16.6. The zero-order valence-electron chi connectivity index (χ0n) is 18.3. The van der Waals surface area contributed by atoms with Crippen LogP contribution in [-0.4, -0.2) is 43.6 Å². The van der Waals surface area contributed by atoms with E-state index in [1.807, 2.05) is 23.1 Å². The predicted octanol–water partition coefficient (Wildman–Crippen LogP) is 3.72. The number of nitrogens with two attached hydrogens (primary N) is 1. The number of rotatable bonds is 5. The Bertz CT molecular complexity index is 1420. The smallest absolute Gasteiger partial charge is 0.232 e. The van der Waals surface area contributed by atoms with Crippen molar-refractivity contribution in [1.82, 2.24) is 24.3 Å². The molecule has 0 amide bonds. The van der Waals surface area contributed by atoms with Crippen LogP contribution in [0, 0.1) is 17.1 Å². The van der Waals surface area contributed by atoms with E-state index < -0.39 is 5.82 Å². The standard InChI is InChI=1S/C24H22FN7O2/c25-21-5-14(1-2-15(21)7-26)20-10-31(17-4-3-16(27)6-17)23-22(20)24(29-13-28-23)34-19-8-30-32(9-19)18-11-33-12-18/h1-2,5,8-10,13,16-18H,3-4,6,11-12,27H2/t16-,17-/m1/s1. The van der Waals surface area contributed by atoms with E-state index in [0.29, 0.717) is 41.4 Å². The molecule has 34 heavy (non-hydrogen) atoms. The second-order valence-electron chi connectivity index (χ2n) is 8.81. The molecule has 2 fully saturated rings. The maximum Gasteiger partial charge on any atom is 0.232 e. The van der Waals surface area contributed by atoms with Crippen LogP contribution in [0.4, 0.5) is 4.39 Å². The molecule has 1 aliphatic carbocycles. The molecule has 1 saturated heterocycles. The number of ether oxygens (including phenoxy) is 2. The van der Waals surface area contributed by atoms with Crippen molar-refractivity contribution in [3.63, 3.8) is 0 Å². The lowest BCUT2D eigenvalue weighted by Crippen LogP contribution is -2.30. The van der Waals surface area contributed by atoms with E-state index >= 15 is 0 Å². The fourth-order valence-corrected chi connectivity index (χ4v) is 4.71. The van der Waals surface area contributed by atoms with Gasteiger partial charge in [0, 0.05) is 23.8 Å². The summed E-state index contributed by atoms with van der Waals surface area (Å²) < 4.78 is 29.8. The molecule has 0 unspecified atom stereocenters. The largest absolute Gasteiger partial charge is 0.435 e. The third-order valence-electron chi connectivity index (χ3n) is 6.60. The number of hydrogen-bond donors (Lipinski definition) is 1. The number of fused-ring (bicyclic) bond motifs is 1. The molecular formula is C24H22FN7O2. The van der Waals surface area contributed by atoms with Crippen molar-refractivity contribution < 1.29 is 13.9 Å². The Balaban J connectivity index is 1.47. The third kappa shape index (κ3) is 3.50. The molecule has 1 saturated carbocycles. The van der Waals surface area contributed by atoms with E-state index in [9.17, 15) is 4.39 Å². The zero-order valence-corrected chi connectivity index (χ0v) is 18.3. The van der Waals surface area contributed by atoms with Crippen LogP contribution in [0.2, 0.25) is 0 Å². The minimum Gasteiger partial charge on any atom is -0.435 e. The summed E-state index contributed by atoms with van der Waals surface area (Å²) in [5, 5.41) is 14.2. The quantitative estimate of drug-likeness (QED) is 0.483. The van der Waals surface area contributed by atoms with Gasteiger partial charge in [-0.2, -0.15) is 10.4 Å². The van der Waals surface area contributed by atoms with Crippen molar-refractivity contribution in [3.8, 4) is 28.8 Å². The normalized spacial score (nSPS) is 20.4. The van der Waals surface area contributed by atoms with Crippen molar-refractivity contribution >= 4 is 11.0 Å². The number of halogens is 1. The van der Waals surface area contributed by atoms with Crippen LogP contribution in [0.3, 0.4) is 0 Å². The lowest BCUT2D eigenvalue weighted by atomic mass is 10.0. The summed E-state index contributed by atoms with van der Waals surface area (Å²) in [5.41, 5.74) is 8.22. The molecule has 9 nitrogen and oxygen atoms in total. The second-order valence-corrected chi connectivity index (χ2v) is 8.81. The van der Waals surface area contributed by atoms with Gasteiger partial charge in [0.1, 0.15) is 23.9 Å². The van der Waals surface area contributed by atoms with Crippen molar-refractivity contribution in [3.05, 3.63) is 54.5 Å². The molecular weight excluding hydrogens is 437 g/mol. The zero-order chi connectivity index (χ0) is 23.2. The first-order valence-electron chi connectivity index (χ1n) is 11.2. The topological polar surface area (TPSA) is 117 Å².